The lowest BCUT2D eigenvalue weighted by molar-refractivity contribution is -0.155. The highest BCUT2D eigenvalue weighted by molar-refractivity contribution is 7.86. The lowest BCUT2D eigenvalue weighted by Crippen LogP contribution is -2.28. The smallest absolute Gasteiger partial charge is 0.306 e. The molecular formula is C16H23N3O5S. The molecule has 0 saturated heterocycles. The molecule has 0 aliphatic carbocycles. The molecule has 0 aliphatic rings. The summed E-state index contributed by atoms with van der Waals surface area (Å²) in [6.45, 7) is 5.21. The molecule has 8 nitrogen and oxygen atoms in total. The molecule has 0 saturated carbocycles. The van der Waals surface area contributed by atoms with Crippen molar-refractivity contribution in [2.75, 3.05) is 6.26 Å². The second-order valence-electron chi connectivity index (χ2n) is 6.52. The van der Waals surface area contributed by atoms with Crippen molar-refractivity contribution >= 4 is 16.1 Å². The largest absolute Gasteiger partial charge is 0.460 e. The van der Waals surface area contributed by atoms with Gasteiger partial charge in [0.15, 0.2) is 0 Å². The minimum atomic E-state index is -3.81. The van der Waals surface area contributed by atoms with Crippen molar-refractivity contribution in [1.29, 1.82) is 0 Å². The maximum absolute atomic E-state index is 11.9. The SMILES string of the molecule is CC(C)(C)OC(=O)CC[C@@H](OS(C)(=O)=O)[C@@H](N=[N+]=[N-])c1ccccc1. The molecule has 9 heteroatoms. The first-order valence-electron chi connectivity index (χ1n) is 7.71. The number of esters is 1. The Kier molecular flexibility index (Phi) is 7.41. The molecule has 1 aromatic carbocycles. The van der Waals surface area contributed by atoms with Crippen LogP contribution in [0.1, 0.15) is 45.2 Å². The highest BCUT2D eigenvalue weighted by Gasteiger charge is 2.28. The molecule has 0 radical (unpaired) electrons. The van der Waals surface area contributed by atoms with E-state index in [2.05, 4.69) is 10.0 Å². The molecule has 2 atom stereocenters. The van der Waals surface area contributed by atoms with Crippen molar-refractivity contribution in [3.63, 3.8) is 0 Å². The van der Waals surface area contributed by atoms with E-state index in [0.717, 1.165) is 6.26 Å². The fourth-order valence-electron chi connectivity index (χ4n) is 2.20. The summed E-state index contributed by atoms with van der Waals surface area (Å²) in [5, 5.41) is 3.67. The van der Waals surface area contributed by atoms with E-state index in [0.29, 0.717) is 5.56 Å². The fraction of sp³-hybridized carbons (Fsp3) is 0.562. The first-order chi connectivity index (χ1) is 11.5. The number of rotatable bonds is 8. The molecule has 0 amide bonds. The number of azide groups is 1. The van der Waals surface area contributed by atoms with E-state index in [1.165, 1.54) is 0 Å². The van der Waals surface area contributed by atoms with Crippen molar-refractivity contribution in [2.45, 2.75) is 51.4 Å². The Morgan fingerprint density at radius 2 is 1.88 bits per heavy atom. The average Bonchev–Trinajstić information content (AvgIpc) is 2.47. The Morgan fingerprint density at radius 3 is 2.36 bits per heavy atom. The zero-order chi connectivity index (χ0) is 19.1. The number of benzene rings is 1. The molecule has 0 fully saturated rings. The maximum atomic E-state index is 11.9. The number of hydrogen-bond acceptors (Lipinski definition) is 6. The van der Waals surface area contributed by atoms with Crippen molar-refractivity contribution < 1.29 is 22.1 Å². The highest BCUT2D eigenvalue weighted by Crippen LogP contribution is 2.28. The molecule has 0 aliphatic heterocycles. The molecule has 0 N–H and O–H groups in total. The minimum absolute atomic E-state index is 0.0283. The van der Waals surface area contributed by atoms with Gasteiger partial charge in [-0.25, -0.2) is 0 Å². The van der Waals surface area contributed by atoms with Gasteiger partial charge in [-0.3, -0.25) is 8.98 Å². The lowest BCUT2D eigenvalue weighted by atomic mass is 9.99. The van der Waals surface area contributed by atoms with Crippen molar-refractivity contribution in [1.82, 2.24) is 0 Å². The summed E-state index contributed by atoms with van der Waals surface area (Å²) in [5.74, 6) is -0.484. The Balaban J connectivity index is 3.01. The third-order valence-corrected chi connectivity index (χ3v) is 3.62. The fourth-order valence-corrected chi connectivity index (χ4v) is 2.85. The van der Waals surface area contributed by atoms with Gasteiger partial charge in [0.1, 0.15) is 5.60 Å². The van der Waals surface area contributed by atoms with E-state index >= 15 is 0 Å². The van der Waals surface area contributed by atoms with Gasteiger partial charge in [-0.1, -0.05) is 35.4 Å². The van der Waals surface area contributed by atoms with E-state index in [9.17, 15) is 13.2 Å². The summed E-state index contributed by atoms with van der Waals surface area (Å²) in [7, 11) is -3.81. The molecule has 0 heterocycles. The molecule has 0 spiro atoms. The second-order valence-corrected chi connectivity index (χ2v) is 8.13. The van der Waals surface area contributed by atoms with Crippen LogP contribution in [0.15, 0.2) is 35.4 Å². The minimum Gasteiger partial charge on any atom is -0.460 e. The van der Waals surface area contributed by atoms with E-state index in [4.69, 9.17) is 14.5 Å². The van der Waals surface area contributed by atoms with Crippen LogP contribution in [-0.4, -0.2) is 32.3 Å². The van der Waals surface area contributed by atoms with E-state index in [-0.39, 0.29) is 12.8 Å². The highest BCUT2D eigenvalue weighted by atomic mass is 32.2. The first kappa shape index (κ1) is 21.0. The zero-order valence-electron chi connectivity index (χ0n) is 14.7. The standard InChI is InChI=1S/C16H23N3O5S/c1-16(2,3)23-14(20)11-10-13(24-25(4,21)22)15(18-19-17)12-8-6-5-7-9-12/h5-9,13,15H,10-11H2,1-4H3/t13-,15+/m1/s1. The summed E-state index contributed by atoms with van der Waals surface area (Å²) < 4.78 is 33.5. The monoisotopic (exact) mass is 369 g/mol. The van der Waals surface area contributed by atoms with Crippen LogP contribution < -0.4 is 0 Å². The molecule has 0 bridgehead atoms. The predicted octanol–water partition coefficient (Wildman–Crippen LogP) is 3.50. The predicted molar refractivity (Wildman–Crippen MR) is 93.1 cm³/mol. The number of hydrogen-bond donors (Lipinski definition) is 0. The summed E-state index contributed by atoms with van der Waals surface area (Å²) >= 11 is 0. The van der Waals surface area contributed by atoms with Crippen LogP contribution in [0, 0.1) is 0 Å². The van der Waals surface area contributed by atoms with Gasteiger partial charge >= 0.3 is 5.97 Å². The first-order valence-corrected chi connectivity index (χ1v) is 9.53. The molecule has 25 heavy (non-hydrogen) atoms. The van der Waals surface area contributed by atoms with Gasteiger partial charge < -0.3 is 4.74 Å². The van der Waals surface area contributed by atoms with Gasteiger partial charge in [-0.05, 0) is 38.3 Å². The molecule has 138 valence electrons. The van der Waals surface area contributed by atoms with Crippen LogP contribution in [-0.2, 0) is 23.8 Å². The molecular weight excluding hydrogens is 346 g/mol. The summed E-state index contributed by atoms with van der Waals surface area (Å²) in [4.78, 5) is 14.7. The zero-order valence-corrected chi connectivity index (χ0v) is 15.6. The number of carbonyl (C=O) groups excluding carboxylic acids is 1. The van der Waals surface area contributed by atoms with Gasteiger partial charge in [-0.2, -0.15) is 8.42 Å². The van der Waals surface area contributed by atoms with E-state index in [1.807, 2.05) is 0 Å². The van der Waals surface area contributed by atoms with Crippen LogP contribution in [0.5, 0.6) is 0 Å². The van der Waals surface area contributed by atoms with Crippen LogP contribution >= 0.6 is 0 Å². The summed E-state index contributed by atoms with van der Waals surface area (Å²) in [5.41, 5.74) is 8.79. The third-order valence-electron chi connectivity index (χ3n) is 3.02. The molecule has 0 unspecified atom stereocenters. The van der Waals surface area contributed by atoms with Gasteiger partial charge in [0, 0.05) is 11.3 Å². The number of carbonyl (C=O) groups is 1. The quantitative estimate of drug-likeness (QED) is 0.228. The average molecular weight is 369 g/mol. The molecule has 0 aromatic heterocycles. The van der Waals surface area contributed by atoms with Crippen molar-refractivity contribution in [2.24, 2.45) is 5.11 Å². The Hall–Kier alpha value is -2.09. The van der Waals surface area contributed by atoms with Crippen LogP contribution in [0.3, 0.4) is 0 Å². The summed E-state index contributed by atoms with van der Waals surface area (Å²) in [6.07, 6.45) is -0.144. The third kappa shape index (κ3) is 8.53. The topological polar surface area (TPSA) is 118 Å². The summed E-state index contributed by atoms with van der Waals surface area (Å²) in [6, 6.07) is 7.77. The van der Waals surface area contributed by atoms with Gasteiger partial charge in [0.25, 0.3) is 10.1 Å². The van der Waals surface area contributed by atoms with Crippen molar-refractivity contribution in [3.8, 4) is 0 Å². The van der Waals surface area contributed by atoms with Gasteiger partial charge in [0.05, 0.1) is 18.4 Å². The Labute approximate surface area is 147 Å². The normalized spacial score (nSPS) is 14.2. The Morgan fingerprint density at radius 1 is 1.28 bits per heavy atom. The van der Waals surface area contributed by atoms with E-state index in [1.54, 1.807) is 51.1 Å². The van der Waals surface area contributed by atoms with Crippen LogP contribution in [0.4, 0.5) is 0 Å². The van der Waals surface area contributed by atoms with Gasteiger partial charge in [-0.15, -0.1) is 0 Å². The number of nitrogens with zero attached hydrogens (tertiary/aromatic N) is 3. The maximum Gasteiger partial charge on any atom is 0.306 e. The number of ether oxygens (including phenoxy) is 1. The van der Waals surface area contributed by atoms with Crippen molar-refractivity contribution in [3.05, 3.63) is 46.3 Å². The molecule has 1 aromatic rings. The van der Waals surface area contributed by atoms with E-state index < -0.39 is 33.8 Å². The lowest BCUT2D eigenvalue weighted by Gasteiger charge is -2.24. The van der Waals surface area contributed by atoms with Crippen LogP contribution in [0.25, 0.3) is 10.4 Å². The van der Waals surface area contributed by atoms with Crippen LogP contribution in [0.2, 0.25) is 0 Å². The second kappa shape index (κ2) is 8.84. The Bertz CT molecular complexity index is 722. The molecule has 1 rings (SSSR count). The van der Waals surface area contributed by atoms with Gasteiger partial charge in [0.2, 0.25) is 0 Å².